The fourth-order valence-corrected chi connectivity index (χ4v) is 2.28. The number of ether oxygens (including phenoxy) is 1. The van der Waals surface area contributed by atoms with E-state index in [4.69, 9.17) is 14.9 Å². The second kappa shape index (κ2) is 4.93. The summed E-state index contributed by atoms with van der Waals surface area (Å²) in [6, 6.07) is 8.09. The van der Waals surface area contributed by atoms with E-state index in [9.17, 15) is 4.79 Å². The van der Waals surface area contributed by atoms with Crippen molar-refractivity contribution in [2.75, 3.05) is 13.1 Å². The number of hydrogen-bond donors (Lipinski definition) is 2. The summed E-state index contributed by atoms with van der Waals surface area (Å²) in [5, 5.41) is 4.06. The molecule has 2 heterocycles. The Kier molecular flexibility index (Phi) is 3.13. The molecule has 5 heteroatoms. The molecule has 1 amide bonds. The summed E-state index contributed by atoms with van der Waals surface area (Å²) in [6.07, 6.45) is 2.09. The predicted molar refractivity (Wildman–Crippen MR) is 70.1 cm³/mol. The largest absolute Gasteiger partial charge is 0.486 e. The van der Waals surface area contributed by atoms with Crippen molar-refractivity contribution in [1.82, 2.24) is 5.32 Å². The summed E-state index contributed by atoms with van der Waals surface area (Å²) in [6.45, 7) is 1.91. The van der Waals surface area contributed by atoms with E-state index in [0.717, 1.165) is 31.3 Å². The number of amides is 1. The fraction of sp³-hybridized carbons (Fsp3) is 0.357. The van der Waals surface area contributed by atoms with Gasteiger partial charge in [-0.2, -0.15) is 0 Å². The van der Waals surface area contributed by atoms with Gasteiger partial charge >= 0.3 is 0 Å². The van der Waals surface area contributed by atoms with E-state index < -0.39 is 5.91 Å². The van der Waals surface area contributed by atoms with Crippen LogP contribution in [0.5, 0.6) is 5.75 Å². The first kappa shape index (κ1) is 12.0. The zero-order valence-corrected chi connectivity index (χ0v) is 10.4. The summed E-state index contributed by atoms with van der Waals surface area (Å²) in [5.74, 6) is 0.186. The van der Waals surface area contributed by atoms with Crippen LogP contribution in [-0.2, 0) is 0 Å². The highest BCUT2D eigenvalue weighted by atomic mass is 16.5. The molecule has 1 aromatic heterocycles. The van der Waals surface area contributed by atoms with Crippen molar-refractivity contribution in [2.45, 2.75) is 18.9 Å². The number of benzene rings is 1. The Hall–Kier alpha value is -2.01. The number of rotatable bonds is 3. The van der Waals surface area contributed by atoms with Gasteiger partial charge < -0.3 is 20.2 Å². The molecule has 1 aromatic carbocycles. The Morgan fingerprint density at radius 2 is 2.21 bits per heavy atom. The number of hydrogen-bond acceptors (Lipinski definition) is 4. The van der Waals surface area contributed by atoms with E-state index in [0.29, 0.717) is 11.3 Å². The monoisotopic (exact) mass is 259 g/mol. The van der Waals surface area contributed by atoms with Crippen LogP contribution >= 0.6 is 0 Å². The topological polar surface area (TPSA) is 77.5 Å². The zero-order chi connectivity index (χ0) is 13.2. The van der Waals surface area contributed by atoms with Crippen molar-refractivity contribution in [2.24, 2.45) is 5.73 Å². The van der Waals surface area contributed by atoms with Crippen molar-refractivity contribution in [1.29, 1.82) is 0 Å². The molecule has 1 aliphatic rings. The summed E-state index contributed by atoms with van der Waals surface area (Å²) >= 11 is 0. The van der Waals surface area contributed by atoms with Crippen LogP contribution < -0.4 is 15.8 Å². The van der Waals surface area contributed by atoms with E-state index in [2.05, 4.69) is 11.4 Å². The highest BCUT2D eigenvalue weighted by molar-refractivity contribution is 5.96. The van der Waals surface area contributed by atoms with Gasteiger partial charge in [-0.05, 0) is 50.2 Å². The van der Waals surface area contributed by atoms with Crippen molar-refractivity contribution >= 4 is 16.9 Å². The molecular formula is C14H15N2O3. The molecule has 19 heavy (non-hydrogen) atoms. The van der Waals surface area contributed by atoms with Crippen LogP contribution in [0.25, 0.3) is 11.0 Å². The molecule has 0 unspecified atom stereocenters. The van der Waals surface area contributed by atoms with Crippen molar-refractivity contribution in [3.63, 3.8) is 0 Å². The molecule has 1 saturated heterocycles. The Bertz CT molecular complexity index is 600. The molecule has 0 aliphatic carbocycles. The first-order valence-corrected chi connectivity index (χ1v) is 6.35. The molecule has 1 fully saturated rings. The molecular weight excluding hydrogens is 244 g/mol. The van der Waals surface area contributed by atoms with Gasteiger partial charge in [0.25, 0.3) is 5.91 Å². The van der Waals surface area contributed by atoms with Crippen LogP contribution in [0, 0.1) is 6.07 Å². The van der Waals surface area contributed by atoms with E-state index in [1.807, 2.05) is 0 Å². The highest BCUT2D eigenvalue weighted by Crippen LogP contribution is 2.30. The molecule has 0 saturated carbocycles. The molecule has 1 radical (unpaired) electrons. The molecule has 3 rings (SSSR count). The van der Waals surface area contributed by atoms with E-state index in [-0.39, 0.29) is 11.9 Å². The minimum Gasteiger partial charge on any atom is -0.486 e. The maximum absolute atomic E-state index is 11.1. The number of piperidine rings is 1. The summed E-state index contributed by atoms with van der Waals surface area (Å²) in [5.41, 5.74) is 5.78. The second-order valence-electron chi connectivity index (χ2n) is 4.65. The van der Waals surface area contributed by atoms with Crippen LogP contribution in [-0.4, -0.2) is 25.1 Å². The second-order valence-corrected chi connectivity index (χ2v) is 4.65. The van der Waals surface area contributed by atoms with E-state index in [1.165, 1.54) is 0 Å². The lowest BCUT2D eigenvalue weighted by Crippen LogP contribution is -2.34. The normalized spacial score (nSPS) is 16.6. The van der Waals surface area contributed by atoms with Gasteiger partial charge in [0.1, 0.15) is 6.10 Å². The van der Waals surface area contributed by atoms with Crippen LogP contribution in [0.2, 0.25) is 0 Å². The summed E-state index contributed by atoms with van der Waals surface area (Å²) in [7, 11) is 0. The van der Waals surface area contributed by atoms with Gasteiger partial charge in [-0.15, -0.1) is 0 Å². The molecule has 0 spiro atoms. The number of carbonyl (C=O) groups is 1. The third-order valence-electron chi connectivity index (χ3n) is 3.26. The first-order chi connectivity index (χ1) is 9.24. The number of primary amides is 1. The number of fused-ring (bicyclic) bond motifs is 1. The summed E-state index contributed by atoms with van der Waals surface area (Å²) in [4.78, 5) is 11.1. The maximum Gasteiger partial charge on any atom is 0.284 e. The molecule has 0 bridgehead atoms. The average Bonchev–Trinajstić information content (AvgIpc) is 2.85. The zero-order valence-electron chi connectivity index (χ0n) is 10.4. The van der Waals surface area contributed by atoms with E-state index in [1.54, 1.807) is 18.2 Å². The van der Waals surface area contributed by atoms with Gasteiger partial charge in [0.05, 0.1) is 0 Å². The van der Waals surface area contributed by atoms with Crippen LogP contribution in [0.3, 0.4) is 0 Å². The minimum absolute atomic E-state index is 0.143. The Morgan fingerprint density at radius 1 is 1.42 bits per heavy atom. The summed E-state index contributed by atoms with van der Waals surface area (Å²) < 4.78 is 11.4. The molecule has 5 nitrogen and oxygen atoms in total. The first-order valence-electron chi connectivity index (χ1n) is 6.35. The predicted octanol–water partition coefficient (Wildman–Crippen LogP) is 1.46. The SMILES string of the molecule is NC(=O)c1cc2c[c]cc(OC3CCNCC3)c2o1. The van der Waals surface area contributed by atoms with Gasteiger partial charge in [-0.3, -0.25) is 4.79 Å². The third-order valence-corrected chi connectivity index (χ3v) is 3.26. The number of nitrogens with two attached hydrogens (primary N) is 1. The van der Waals surface area contributed by atoms with E-state index >= 15 is 0 Å². The average molecular weight is 259 g/mol. The molecule has 1 aliphatic heterocycles. The van der Waals surface area contributed by atoms with Crippen LogP contribution in [0.1, 0.15) is 23.4 Å². The number of furan rings is 1. The van der Waals surface area contributed by atoms with Crippen LogP contribution in [0.4, 0.5) is 0 Å². The molecule has 99 valence electrons. The Balaban J connectivity index is 1.91. The van der Waals surface area contributed by atoms with Crippen molar-refractivity contribution < 1.29 is 13.9 Å². The van der Waals surface area contributed by atoms with Gasteiger partial charge in [0, 0.05) is 5.39 Å². The quantitative estimate of drug-likeness (QED) is 0.874. The Morgan fingerprint density at radius 3 is 2.95 bits per heavy atom. The number of nitrogens with one attached hydrogen (secondary N) is 1. The van der Waals surface area contributed by atoms with Crippen LogP contribution in [0.15, 0.2) is 22.6 Å². The molecule has 2 aromatic rings. The van der Waals surface area contributed by atoms with Gasteiger partial charge in [-0.1, -0.05) is 0 Å². The lowest BCUT2D eigenvalue weighted by Gasteiger charge is -2.23. The fourth-order valence-electron chi connectivity index (χ4n) is 2.28. The molecule has 0 atom stereocenters. The minimum atomic E-state index is -0.580. The lowest BCUT2D eigenvalue weighted by molar-refractivity contribution is 0.0975. The van der Waals surface area contributed by atoms with Crippen molar-refractivity contribution in [3.05, 3.63) is 30.0 Å². The smallest absolute Gasteiger partial charge is 0.284 e. The molecule has 3 N–H and O–H groups in total. The van der Waals surface area contributed by atoms with Gasteiger partial charge in [-0.25, -0.2) is 0 Å². The maximum atomic E-state index is 11.1. The Labute approximate surface area is 110 Å². The highest BCUT2D eigenvalue weighted by Gasteiger charge is 2.18. The lowest BCUT2D eigenvalue weighted by atomic mass is 10.1. The third kappa shape index (κ3) is 2.42. The number of carbonyl (C=O) groups excluding carboxylic acids is 1. The van der Waals surface area contributed by atoms with Gasteiger partial charge in [0.15, 0.2) is 17.1 Å². The van der Waals surface area contributed by atoms with Crippen molar-refractivity contribution in [3.8, 4) is 5.75 Å². The standard InChI is InChI=1S/C14H15N2O3/c15-14(17)12-8-9-2-1-3-11(13(9)19-12)18-10-4-6-16-7-5-10/h2-3,8,10,16H,4-7H2,(H2,15,17). The van der Waals surface area contributed by atoms with Gasteiger partial charge in [0.2, 0.25) is 0 Å².